The first-order chi connectivity index (χ1) is 8.74. The standard InChI is InChI=1S/C13H21N3O2/c1-3-16(4-2)13-14-12(18-15-13)9-10-7-5-6-8-11(10)17/h10H,3-9H2,1-2H3. The van der Waals surface area contributed by atoms with Gasteiger partial charge in [0.25, 0.3) is 5.95 Å². The summed E-state index contributed by atoms with van der Waals surface area (Å²) in [5.74, 6) is 1.67. The number of nitrogens with zero attached hydrogens (tertiary/aromatic N) is 3. The molecular weight excluding hydrogens is 230 g/mol. The largest absolute Gasteiger partial charge is 0.339 e. The van der Waals surface area contributed by atoms with Crippen molar-refractivity contribution in [3.8, 4) is 0 Å². The Morgan fingerprint density at radius 1 is 1.33 bits per heavy atom. The zero-order valence-corrected chi connectivity index (χ0v) is 11.2. The van der Waals surface area contributed by atoms with Gasteiger partial charge < -0.3 is 9.42 Å². The maximum absolute atomic E-state index is 11.8. The molecule has 5 heteroatoms. The molecule has 0 spiro atoms. The van der Waals surface area contributed by atoms with Crippen LogP contribution in [0.5, 0.6) is 0 Å². The van der Waals surface area contributed by atoms with Crippen molar-refractivity contribution in [2.24, 2.45) is 5.92 Å². The first-order valence-electron chi connectivity index (χ1n) is 6.84. The van der Waals surface area contributed by atoms with Crippen LogP contribution in [-0.4, -0.2) is 29.0 Å². The average molecular weight is 251 g/mol. The second-order valence-corrected chi connectivity index (χ2v) is 4.77. The molecule has 0 radical (unpaired) electrons. The molecule has 0 N–H and O–H groups in total. The van der Waals surface area contributed by atoms with Gasteiger partial charge in [0.15, 0.2) is 0 Å². The minimum Gasteiger partial charge on any atom is -0.339 e. The molecular formula is C13H21N3O2. The second-order valence-electron chi connectivity index (χ2n) is 4.77. The number of anilines is 1. The Morgan fingerprint density at radius 3 is 2.78 bits per heavy atom. The Labute approximate surface area is 108 Å². The van der Waals surface area contributed by atoms with Crippen LogP contribution in [-0.2, 0) is 11.2 Å². The number of aromatic nitrogens is 2. The van der Waals surface area contributed by atoms with Gasteiger partial charge in [-0.15, -0.1) is 0 Å². The fourth-order valence-electron chi connectivity index (χ4n) is 2.45. The van der Waals surface area contributed by atoms with E-state index < -0.39 is 0 Å². The summed E-state index contributed by atoms with van der Waals surface area (Å²) in [6, 6.07) is 0. The molecule has 1 atom stereocenters. The lowest BCUT2D eigenvalue weighted by atomic mass is 9.86. The van der Waals surface area contributed by atoms with E-state index in [2.05, 4.69) is 24.0 Å². The monoisotopic (exact) mass is 251 g/mol. The van der Waals surface area contributed by atoms with Crippen molar-refractivity contribution in [3.05, 3.63) is 5.89 Å². The van der Waals surface area contributed by atoms with E-state index in [4.69, 9.17) is 4.52 Å². The summed E-state index contributed by atoms with van der Waals surface area (Å²) in [6.07, 6.45) is 4.44. The summed E-state index contributed by atoms with van der Waals surface area (Å²) in [4.78, 5) is 18.2. The van der Waals surface area contributed by atoms with Crippen LogP contribution < -0.4 is 4.90 Å². The van der Waals surface area contributed by atoms with E-state index in [0.717, 1.165) is 32.4 Å². The number of carbonyl (C=O) groups excluding carboxylic acids is 1. The smallest absolute Gasteiger partial charge is 0.266 e. The van der Waals surface area contributed by atoms with E-state index in [1.54, 1.807) is 0 Å². The molecule has 0 saturated heterocycles. The number of ketones is 1. The van der Waals surface area contributed by atoms with Crippen LogP contribution in [0.25, 0.3) is 0 Å². The van der Waals surface area contributed by atoms with Crippen molar-refractivity contribution in [1.29, 1.82) is 0 Å². The molecule has 5 nitrogen and oxygen atoms in total. The van der Waals surface area contributed by atoms with Crippen molar-refractivity contribution in [2.75, 3.05) is 18.0 Å². The van der Waals surface area contributed by atoms with Crippen molar-refractivity contribution >= 4 is 11.7 Å². The van der Waals surface area contributed by atoms with Crippen molar-refractivity contribution in [2.45, 2.75) is 46.0 Å². The van der Waals surface area contributed by atoms with Crippen LogP contribution in [0.15, 0.2) is 4.52 Å². The molecule has 18 heavy (non-hydrogen) atoms. The molecule has 1 fully saturated rings. The lowest BCUT2D eigenvalue weighted by Gasteiger charge is -2.18. The Kier molecular flexibility index (Phi) is 4.33. The fourth-order valence-corrected chi connectivity index (χ4v) is 2.45. The Hall–Kier alpha value is -1.39. The molecule has 2 rings (SSSR count). The number of Topliss-reactive ketones (excluding diaryl/α,β-unsaturated/α-hetero) is 1. The van der Waals surface area contributed by atoms with Gasteiger partial charge in [-0.2, -0.15) is 4.98 Å². The topological polar surface area (TPSA) is 59.2 Å². The van der Waals surface area contributed by atoms with Crippen LogP contribution in [0, 0.1) is 5.92 Å². The van der Waals surface area contributed by atoms with Gasteiger partial charge in [-0.25, -0.2) is 0 Å². The molecule has 1 aromatic heterocycles. The summed E-state index contributed by atoms with van der Waals surface area (Å²) < 4.78 is 5.25. The average Bonchev–Trinajstić information content (AvgIpc) is 2.82. The van der Waals surface area contributed by atoms with Crippen LogP contribution in [0.1, 0.15) is 45.4 Å². The number of hydrogen-bond donors (Lipinski definition) is 0. The highest BCUT2D eigenvalue weighted by Crippen LogP contribution is 2.24. The molecule has 1 saturated carbocycles. The summed E-state index contributed by atoms with van der Waals surface area (Å²) in [6.45, 7) is 5.84. The quantitative estimate of drug-likeness (QED) is 0.803. The van der Waals surface area contributed by atoms with Gasteiger partial charge in [-0.3, -0.25) is 4.79 Å². The lowest BCUT2D eigenvalue weighted by Crippen LogP contribution is -2.23. The molecule has 0 aromatic carbocycles. The maximum Gasteiger partial charge on any atom is 0.266 e. The van der Waals surface area contributed by atoms with E-state index in [-0.39, 0.29) is 5.92 Å². The van der Waals surface area contributed by atoms with E-state index in [0.29, 0.717) is 30.5 Å². The van der Waals surface area contributed by atoms with E-state index in [1.807, 2.05) is 4.90 Å². The molecule has 1 unspecified atom stereocenters. The van der Waals surface area contributed by atoms with Crippen LogP contribution >= 0.6 is 0 Å². The van der Waals surface area contributed by atoms with Gasteiger partial charge in [0.05, 0.1) is 0 Å². The van der Waals surface area contributed by atoms with Gasteiger partial charge in [0.1, 0.15) is 5.78 Å². The summed E-state index contributed by atoms with van der Waals surface area (Å²) in [5, 5.41) is 3.98. The Bertz CT molecular complexity index is 399. The van der Waals surface area contributed by atoms with Gasteiger partial charge >= 0.3 is 0 Å². The fraction of sp³-hybridized carbons (Fsp3) is 0.769. The van der Waals surface area contributed by atoms with Crippen molar-refractivity contribution in [1.82, 2.24) is 10.1 Å². The summed E-state index contributed by atoms with van der Waals surface area (Å²) in [7, 11) is 0. The molecule has 1 aliphatic carbocycles. The number of carbonyl (C=O) groups is 1. The van der Waals surface area contributed by atoms with Crippen LogP contribution in [0.3, 0.4) is 0 Å². The molecule has 0 aliphatic heterocycles. The third-order valence-corrected chi connectivity index (χ3v) is 3.61. The molecule has 0 bridgehead atoms. The minimum atomic E-state index is 0.0868. The zero-order valence-electron chi connectivity index (χ0n) is 11.2. The predicted molar refractivity (Wildman–Crippen MR) is 68.5 cm³/mol. The third kappa shape index (κ3) is 2.89. The van der Waals surface area contributed by atoms with Crippen LogP contribution in [0.4, 0.5) is 5.95 Å². The lowest BCUT2D eigenvalue weighted by molar-refractivity contribution is -0.124. The van der Waals surface area contributed by atoms with Crippen LogP contribution in [0.2, 0.25) is 0 Å². The molecule has 1 aliphatic rings. The summed E-state index contributed by atoms with van der Waals surface area (Å²) in [5.41, 5.74) is 0. The third-order valence-electron chi connectivity index (χ3n) is 3.61. The van der Waals surface area contributed by atoms with E-state index in [9.17, 15) is 4.79 Å². The number of hydrogen-bond acceptors (Lipinski definition) is 5. The van der Waals surface area contributed by atoms with Gasteiger partial charge in [0, 0.05) is 31.8 Å². The van der Waals surface area contributed by atoms with Gasteiger partial charge in [-0.1, -0.05) is 6.42 Å². The van der Waals surface area contributed by atoms with Gasteiger partial charge in [-0.05, 0) is 31.8 Å². The zero-order chi connectivity index (χ0) is 13.0. The highest BCUT2D eigenvalue weighted by atomic mass is 16.5. The molecule has 1 aromatic rings. The van der Waals surface area contributed by atoms with E-state index in [1.165, 1.54) is 0 Å². The normalized spacial score (nSPS) is 20.1. The number of rotatable bonds is 5. The first-order valence-corrected chi connectivity index (χ1v) is 6.84. The highest BCUT2D eigenvalue weighted by molar-refractivity contribution is 5.81. The SMILES string of the molecule is CCN(CC)c1noc(CC2CCCCC2=O)n1. The molecule has 100 valence electrons. The molecule has 1 heterocycles. The Balaban J connectivity index is 1.99. The molecule has 0 amide bonds. The highest BCUT2D eigenvalue weighted by Gasteiger charge is 2.25. The summed E-state index contributed by atoms with van der Waals surface area (Å²) >= 11 is 0. The minimum absolute atomic E-state index is 0.0868. The Morgan fingerprint density at radius 2 is 2.11 bits per heavy atom. The van der Waals surface area contributed by atoms with E-state index >= 15 is 0 Å². The first kappa shape index (κ1) is 13.1. The van der Waals surface area contributed by atoms with Crippen molar-refractivity contribution < 1.29 is 9.32 Å². The van der Waals surface area contributed by atoms with Crippen molar-refractivity contribution in [3.63, 3.8) is 0 Å². The maximum atomic E-state index is 11.8. The van der Waals surface area contributed by atoms with Gasteiger partial charge in [0.2, 0.25) is 5.89 Å². The second kappa shape index (κ2) is 5.98. The predicted octanol–water partition coefficient (Wildman–Crippen LogP) is 2.22.